The van der Waals surface area contributed by atoms with Crippen LogP contribution in [0.25, 0.3) is 0 Å². The lowest BCUT2D eigenvalue weighted by molar-refractivity contribution is 0.113. The van der Waals surface area contributed by atoms with Gasteiger partial charge in [-0.1, -0.05) is 0 Å². The Bertz CT molecular complexity index is 592. The van der Waals surface area contributed by atoms with Crippen molar-refractivity contribution in [2.24, 2.45) is 0 Å². The maximum Gasteiger partial charge on any atom is 0.252 e. The van der Waals surface area contributed by atoms with Crippen LogP contribution in [0.15, 0.2) is 11.0 Å². The van der Waals surface area contributed by atoms with Crippen molar-refractivity contribution in [2.75, 3.05) is 25.4 Å². The number of aryl methyl sites for hydroxylation is 1. The fourth-order valence-electron chi connectivity index (χ4n) is 2.13. The van der Waals surface area contributed by atoms with Crippen molar-refractivity contribution >= 4 is 15.7 Å². The molecule has 5 nitrogen and oxygen atoms in total. The molecule has 3 N–H and O–H groups in total. The fourth-order valence-corrected chi connectivity index (χ4v) is 4.07. The van der Waals surface area contributed by atoms with E-state index in [1.54, 1.807) is 19.9 Å². The summed E-state index contributed by atoms with van der Waals surface area (Å²) in [6.07, 6.45) is -2.82. The molecule has 0 spiro atoms. The molecule has 0 radical (unpaired) electrons. The molecule has 0 saturated carbocycles. The molecule has 0 aliphatic rings. The van der Waals surface area contributed by atoms with E-state index < -0.39 is 29.6 Å². The third-order valence-corrected chi connectivity index (χ3v) is 5.51. The van der Waals surface area contributed by atoms with Gasteiger partial charge in [0.2, 0.25) is 10.0 Å². The fraction of sp³-hybridized carbons (Fsp3) is 0.538. The lowest BCUT2D eigenvalue weighted by Crippen LogP contribution is -2.38. The summed E-state index contributed by atoms with van der Waals surface area (Å²) in [5.74, 6) is 0. The van der Waals surface area contributed by atoms with Crippen LogP contribution in [0.3, 0.4) is 0 Å². The number of hydrogen-bond donors (Lipinski definition) is 2. The van der Waals surface area contributed by atoms with Gasteiger partial charge in [-0.25, -0.2) is 17.2 Å². The van der Waals surface area contributed by atoms with Gasteiger partial charge in [0.15, 0.2) is 0 Å². The van der Waals surface area contributed by atoms with E-state index in [0.29, 0.717) is 21.0 Å². The summed E-state index contributed by atoms with van der Waals surface area (Å²) in [4.78, 5) is -0.0610. The number of nitrogens with two attached hydrogens (primary N) is 1. The smallest absolute Gasteiger partial charge is 0.252 e. The lowest BCUT2D eigenvalue weighted by Gasteiger charge is -2.24. The van der Waals surface area contributed by atoms with Crippen molar-refractivity contribution in [3.63, 3.8) is 0 Å². The van der Waals surface area contributed by atoms with Crippen molar-refractivity contribution in [3.8, 4) is 0 Å². The third-order valence-electron chi connectivity index (χ3n) is 3.37. The van der Waals surface area contributed by atoms with Gasteiger partial charge in [-0.05, 0) is 43.5 Å². The van der Waals surface area contributed by atoms with E-state index in [-0.39, 0.29) is 17.1 Å². The van der Waals surface area contributed by atoms with E-state index >= 15 is 0 Å². The normalized spacial score (nSPS) is 12.4. The highest BCUT2D eigenvalue weighted by Crippen LogP contribution is 2.30. The maximum atomic E-state index is 12.6. The second-order valence-corrected chi connectivity index (χ2v) is 6.71. The van der Waals surface area contributed by atoms with Crippen LogP contribution in [0.1, 0.15) is 16.7 Å². The molecule has 0 aliphatic heterocycles. The molecule has 0 amide bonds. The topological polar surface area (TPSA) is 83.6 Å². The number of hydrogen-bond acceptors (Lipinski definition) is 4. The number of anilines is 1. The van der Waals surface area contributed by atoms with E-state index in [4.69, 9.17) is 10.8 Å². The molecule has 8 heteroatoms. The zero-order valence-electron chi connectivity index (χ0n) is 12.2. The second-order valence-electron chi connectivity index (χ2n) is 4.84. The van der Waals surface area contributed by atoms with E-state index in [1.807, 2.05) is 0 Å². The number of nitrogens with zero attached hydrogens (tertiary/aromatic N) is 1. The first-order valence-corrected chi connectivity index (χ1v) is 7.82. The predicted molar refractivity (Wildman–Crippen MR) is 76.9 cm³/mol. The monoisotopic (exact) mass is 322 g/mol. The van der Waals surface area contributed by atoms with Crippen molar-refractivity contribution in [1.29, 1.82) is 0 Å². The predicted octanol–water partition coefficient (Wildman–Crippen LogP) is 1.44. The zero-order chi connectivity index (χ0) is 16.4. The van der Waals surface area contributed by atoms with Crippen LogP contribution < -0.4 is 5.73 Å². The molecule has 0 atom stereocenters. The minimum Gasteiger partial charge on any atom is -0.398 e. The zero-order valence-corrected chi connectivity index (χ0v) is 13.0. The molecular weight excluding hydrogens is 302 g/mol. The van der Waals surface area contributed by atoms with Crippen LogP contribution in [0, 0.1) is 20.8 Å². The molecule has 0 saturated heterocycles. The molecule has 0 unspecified atom stereocenters. The summed E-state index contributed by atoms with van der Waals surface area (Å²) in [5, 5.41) is 8.93. The maximum absolute atomic E-state index is 12.6. The summed E-state index contributed by atoms with van der Waals surface area (Å²) in [6, 6.07) is 1.65. The SMILES string of the molecule is Cc1cc(N)c(C)c(S(=O)(=O)N(CCO)CC(F)F)c1C. The number of aliphatic hydroxyl groups is 1. The molecule has 0 aliphatic carbocycles. The number of rotatable bonds is 6. The van der Waals surface area contributed by atoms with Gasteiger partial charge in [0, 0.05) is 12.2 Å². The molecule has 120 valence electrons. The Morgan fingerprint density at radius 3 is 2.33 bits per heavy atom. The van der Waals surface area contributed by atoms with Gasteiger partial charge in [0.1, 0.15) is 0 Å². The van der Waals surface area contributed by atoms with Gasteiger partial charge in [0.25, 0.3) is 6.43 Å². The van der Waals surface area contributed by atoms with Gasteiger partial charge in [-0.2, -0.15) is 4.31 Å². The average molecular weight is 322 g/mol. The van der Waals surface area contributed by atoms with Gasteiger partial charge in [-0.15, -0.1) is 0 Å². The molecular formula is C13H20F2N2O3S. The van der Waals surface area contributed by atoms with E-state index in [0.717, 1.165) is 0 Å². The quantitative estimate of drug-likeness (QED) is 0.776. The molecule has 0 fully saturated rings. The highest BCUT2D eigenvalue weighted by molar-refractivity contribution is 7.89. The van der Waals surface area contributed by atoms with Gasteiger partial charge >= 0.3 is 0 Å². The Labute approximate surface area is 123 Å². The Hall–Kier alpha value is -1.25. The van der Waals surface area contributed by atoms with Crippen LogP contribution in [-0.2, 0) is 10.0 Å². The first-order chi connectivity index (χ1) is 9.62. The summed E-state index contributed by atoms with van der Waals surface area (Å²) >= 11 is 0. The number of alkyl halides is 2. The highest BCUT2D eigenvalue weighted by Gasteiger charge is 2.30. The van der Waals surface area contributed by atoms with Crippen LogP contribution in [0.2, 0.25) is 0 Å². The van der Waals surface area contributed by atoms with E-state index in [9.17, 15) is 17.2 Å². The number of benzene rings is 1. The first kappa shape index (κ1) is 17.8. The highest BCUT2D eigenvalue weighted by atomic mass is 32.2. The van der Waals surface area contributed by atoms with Crippen molar-refractivity contribution < 1.29 is 22.3 Å². The lowest BCUT2D eigenvalue weighted by atomic mass is 10.1. The Morgan fingerprint density at radius 1 is 1.29 bits per heavy atom. The minimum atomic E-state index is -4.15. The minimum absolute atomic E-state index is 0.0610. The number of halogens is 2. The Kier molecular flexibility index (Phi) is 5.66. The van der Waals surface area contributed by atoms with Crippen molar-refractivity contribution in [3.05, 3.63) is 22.8 Å². The first-order valence-electron chi connectivity index (χ1n) is 6.38. The largest absolute Gasteiger partial charge is 0.398 e. The Morgan fingerprint density at radius 2 is 1.86 bits per heavy atom. The number of aliphatic hydroxyl groups excluding tert-OH is 1. The number of sulfonamides is 1. The van der Waals surface area contributed by atoms with Crippen molar-refractivity contribution in [2.45, 2.75) is 32.1 Å². The molecule has 21 heavy (non-hydrogen) atoms. The van der Waals surface area contributed by atoms with Crippen LogP contribution in [0.4, 0.5) is 14.5 Å². The van der Waals surface area contributed by atoms with Gasteiger partial charge in [0.05, 0.1) is 18.0 Å². The Balaban J connectivity index is 3.48. The summed E-state index contributed by atoms with van der Waals surface area (Å²) in [5.41, 5.74) is 7.54. The molecule has 0 heterocycles. The summed E-state index contributed by atoms with van der Waals surface area (Å²) < 4.78 is 51.1. The standard InChI is InChI=1S/C13H20F2N2O3S/c1-8-6-11(16)10(3)13(9(8)2)21(19,20)17(4-5-18)7-12(14)15/h6,12,18H,4-5,7,16H2,1-3H3. The molecule has 0 bridgehead atoms. The molecule has 1 aromatic carbocycles. The van der Waals surface area contributed by atoms with Gasteiger partial charge < -0.3 is 10.8 Å². The van der Waals surface area contributed by atoms with E-state index in [1.165, 1.54) is 6.92 Å². The molecule has 1 aromatic rings. The van der Waals surface area contributed by atoms with Crippen LogP contribution in [0.5, 0.6) is 0 Å². The number of nitrogen functional groups attached to an aromatic ring is 1. The van der Waals surface area contributed by atoms with Crippen LogP contribution in [-0.4, -0.2) is 44.0 Å². The van der Waals surface area contributed by atoms with Crippen molar-refractivity contribution in [1.82, 2.24) is 4.31 Å². The second kappa shape index (κ2) is 6.67. The van der Waals surface area contributed by atoms with Crippen LogP contribution >= 0.6 is 0 Å². The third kappa shape index (κ3) is 3.69. The van der Waals surface area contributed by atoms with E-state index in [2.05, 4.69) is 0 Å². The van der Waals surface area contributed by atoms with Gasteiger partial charge in [-0.3, -0.25) is 0 Å². The summed E-state index contributed by atoms with van der Waals surface area (Å²) in [7, 11) is -4.15. The summed E-state index contributed by atoms with van der Waals surface area (Å²) in [6.45, 7) is 2.95. The molecule has 1 rings (SSSR count). The molecule has 0 aromatic heterocycles. The average Bonchev–Trinajstić information content (AvgIpc) is 2.35.